The van der Waals surface area contributed by atoms with E-state index in [0.29, 0.717) is 13.2 Å². The van der Waals surface area contributed by atoms with Gasteiger partial charge in [-0.3, -0.25) is 0 Å². The van der Waals surface area contributed by atoms with Gasteiger partial charge in [0.1, 0.15) is 19.0 Å². The van der Waals surface area contributed by atoms with Crippen molar-refractivity contribution in [3.8, 4) is 11.5 Å². The van der Waals surface area contributed by atoms with Gasteiger partial charge in [0, 0.05) is 22.3 Å². The predicted octanol–water partition coefficient (Wildman–Crippen LogP) is 4.53. The van der Waals surface area contributed by atoms with Crippen LogP contribution >= 0.6 is 15.9 Å². The topological polar surface area (TPSA) is 30.5 Å². The van der Waals surface area contributed by atoms with E-state index in [1.807, 2.05) is 25.1 Å². The first-order chi connectivity index (χ1) is 10.1. The Labute approximate surface area is 131 Å². The van der Waals surface area contributed by atoms with Crippen molar-refractivity contribution in [3.05, 3.63) is 52.3 Å². The largest absolute Gasteiger partial charge is 0.486 e. The van der Waals surface area contributed by atoms with E-state index in [1.165, 1.54) is 12.1 Å². The fourth-order valence-corrected chi connectivity index (χ4v) is 3.01. The number of halogens is 2. The maximum Gasteiger partial charge on any atom is 0.163 e. The summed E-state index contributed by atoms with van der Waals surface area (Å²) in [5.74, 6) is 1.26. The molecule has 0 bridgehead atoms. The second kappa shape index (κ2) is 5.93. The lowest BCUT2D eigenvalue weighted by molar-refractivity contribution is 0.171. The monoisotopic (exact) mass is 351 g/mol. The summed E-state index contributed by atoms with van der Waals surface area (Å²) < 4.78 is 25.0. The highest BCUT2D eigenvalue weighted by Crippen LogP contribution is 2.34. The van der Waals surface area contributed by atoms with Crippen molar-refractivity contribution in [1.82, 2.24) is 0 Å². The highest BCUT2D eigenvalue weighted by molar-refractivity contribution is 9.10. The molecule has 1 heterocycles. The maximum atomic E-state index is 13.1. The Morgan fingerprint density at radius 2 is 1.86 bits per heavy atom. The van der Waals surface area contributed by atoms with Crippen molar-refractivity contribution >= 4 is 21.6 Å². The van der Waals surface area contributed by atoms with Gasteiger partial charge in [0.25, 0.3) is 0 Å². The number of fused-ring (bicyclic) bond motifs is 1. The number of anilines is 1. The molecule has 0 spiro atoms. The van der Waals surface area contributed by atoms with Crippen LogP contribution in [-0.4, -0.2) is 13.2 Å². The smallest absolute Gasteiger partial charge is 0.163 e. The van der Waals surface area contributed by atoms with Crippen LogP contribution in [0.2, 0.25) is 0 Å². The zero-order valence-corrected chi connectivity index (χ0v) is 13.1. The van der Waals surface area contributed by atoms with Gasteiger partial charge >= 0.3 is 0 Å². The van der Waals surface area contributed by atoms with Gasteiger partial charge < -0.3 is 14.8 Å². The molecular weight excluding hydrogens is 337 g/mol. The first-order valence-corrected chi connectivity index (χ1v) is 7.54. The summed E-state index contributed by atoms with van der Waals surface area (Å²) in [5.41, 5.74) is 1.93. The van der Waals surface area contributed by atoms with E-state index in [4.69, 9.17) is 9.47 Å². The van der Waals surface area contributed by atoms with Crippen LogP contribution < -0.4 is 14.8 Å². The Kier molecular flexibility index (Phi) is 4.01. The van der Waals surface area contributed by atoms with Gasteiger partial charge in [-0.2, -0.15) is 0 Å². The zero-order valence-electron chi connectivity index (χ0n) is 11.5. The molecule has 0 saturated carbocycles. The standard InChI is InChI=1S/C16H15BrFNO2/c1-10(13-4-2-11(18)8-14(13)17)19-12-3-5-15-16(9-12)21-7-6-20-15/h2-5,8-10,19H,6-7H2,1H3. The summed E-state index contributed by atoms with van der Waals surface area (Å²) in [4.78, 5) is 0. The van der Waals surface area contributed by atoms with Crippen LogP contribution in [0.1, 0.15) is 18.5 Å². The molecule has 2 aromatic rings. The molecule has 21 heavy (non-hydrogen) atoms. The van der Waals surface area contributed by atoms with Crippen LogP contribution in [0.3, 0.4) is 0 Å². The number of hydrogen-bond acceptors (Lipinski definition) is 3. The molecule has 2 aromatic carbocycles. The first-order valence-electron chi connectivity index (χ1n) is 6.74. The number of nitrogens with one attached hydrogen (secondary N) is 1. The van der Waals surface area contributed by atoms with Crippen molar-refractivity contribution in [1.29, 1.82) is 0 Å². The Bertz CT molecular complexity index is 663. The van der Waals surface area contributed by atoms with E-state index in [-0.39, 0.29) is 11.9 Å². The Balaban J connectivity index is 1.79. The predicted molar refractivity (Wildman–Crippen MR) is 83.6 cm³/mol. The van der Waals surface area contributed by atoms with Crippen LogP contribution in [0.5, 0.6) is 11.5 Å². The molecule has 0 radical (unpaired) electrons. The molecule has 1 aliphatic heterocycles. The van der Waals surface area contributed by atoms with E-state index in [9.17, 15) is 4.39 Å². The molecule has 0 amide bonds. The van der Waals surface area contributed by atoms with Crippen molar-refractivity contribution in [2.24, 2.45) is 0 Å². The molecule has 1 atom stereocenters. The zero-order chi connectivity index (χ0) is 14.8. The van der Waals surface area contributed by atoms with Gasteiger partial charge in [-0.1, -0.05) is 22.0 Å². The van der Waals surface area contributed by atoms with Gasteiger partial charge in [-0.15, -0.1) is 0 Å². The molecule has 1 unspecified atom stereocenters. The molecule has 0 saturated heterocycles. The minimum absolute atomic E-state index is 0.0301. The fraction of sp³-hybridized carbons (Fsp3) is 0.250. The number of benzene rings is 2. The second-order valence-electron chi connectivity index (χ2n) is 4.89. The van der Waals surface area contributed by atoms with Crippen molar-refractivity contribution in [2.75, 3.05) is 18.5 Å². The van der Waals surface area contributed by atoms with Crippen molar-refractivity contribution < 1.29 is 13.9 Å². The van der Waals surface area contributed by atoms with Gasteiger partial charge in [0.2, 0.25) is 0 Å². The Morgan fingerprint density at radius 1 is 1.10 bits per heavy atom. The average molecular weight is 352 g/mol. The summed E-state index contributed by atoms with van der Waals surface area (Å²) in [6.45, 7) is 3.17. The lowest BCUT2D eigenvalue weighted by Gasteiger charge is -2.21. The summed E-state index contributed by atoms with van der Waals surface area (Å²) >= 11 is 3.40. The lowest BCUT2D eigenvalue weighted by Crippen LogP contribution is -2.15. The van der Waals surface area contributed by atoms with Crippen LogP contribution in [0.25, 0.3) is 0 Å². The van der Waals surface area contributed by atoms with E-state index in [1.54, 1.807) is 6.07 Å². The van der Waals surface area contributed by atoms with E-state index in [0.717, 1.165) is 27.2 Å². The van der Waals surface area contributed by atoms with Gasteiger partial charge in [-0.25, -0.2) is 4.39 Å². The van der Waals surface area contributed by atoms with Crippen LogP contribution in [0.4, 0.5) is 10.1 Å². The minimum atomic E-state index is -0.253. The number of ether oxygens (including phenoxy) is 2. The van der Waals surface area contributed by atoms with Gasteiger partial charge in [0.15, 0.2) is 11.5 Å². The van der Waals surface area contributed by atoms with Crippen molar-refractivity contribution in [2.45, 2.75) is 13.0 Å². The molecule has 3 nitrogen and oxygen atoms in total. The molecule has 0 fully saturated rings. The maximum absolute atomic E-state index is 13.1. The molecular formula is C16H15BrFNO2. The average Bonchev–Trinajstić information content (AvgIpc) is 2.47. The summed E-state index contributed by atoms with van der Waals surface area (Å²) in [5, 5.41) is 3.38. The lowest BCUT2D eigenvalue weighted by atomic mass is 10.1. The molecule has 5 heteroatoms. The van der Waals surface area contributed by atoms with Crippen molar-refractivity contribution in [3.63, 3.8) is 0 Å². The Morgan fingerprint density at radius 3 is 2.62 bits per heavy atom. The third-order valence-electron chi connectivity index (χ3n) is 3.35. The van der Waals surface area contributed by atoms with Crippen LogP contribution in [-0.2, 0) is 0 Å². The molecule has 110 valence electrons. The minimum Gasteiger partial charge on any atom is -0.486 e. The highest BCUT2D eigenvalue weighted by atomic mass is 79.9. The molecule has 3 rings (SSSR count). The van der Waals surface area contributed by atoms with Gasteiger partial charge in [0.05, 0.1) is 0 Å². The second-order valence-corrected chi connectivity index (χ2v) is 5.74. The van der Waals surface area contributed by atoms with E-state index >= 15 is 0 Å². The first kappa shape index (κ1) is 14.2. The molecule has 0 aliphatic carbocycles. The molecule has 1 aliphatic rings. The molecule has 1 N–H and O–H groups in total. The SMILES string of the molecule is CC(Nc1ccc2c(c1)OCCO2)c1ccc(F)cc1Br. The summed E-state index contributed by atoms with van der Waals surface area (Å²) in [6.07, 6.45) is 0. The van der Waals surface area contributed by atoms with Crippen LogP contribution in [0, 0.1) is 5.82 Å². The van der Waals surface area contributed by atoms with E-state index in [2.05, 4.69) is 21.2 Å². The fourth-order valence-electron chi connectivity index (χ4n) is 2.31. The third kappa shape index (κ3) is 3.13. The van der Waals surface area contributed by atoms with Crippen LogP contribution in [0.15, 0.2) is 40.9 Å². The number of hydrogen-bond donors (Lipinski definition) is 1. The van der Waals surface area contributed by atoms with E-state index < -0.39 is 0 Å². The summed E-state index contributed by atoms with van der Waals surface area (Å²) in [7, 11) is 0. The summed E-state index contributed by atoms with van der Waals surface area (Å²) in [6, 6.07) is 10.5. The highest BCUT2D eigenvalue weighted by Gasteiger charge is 2.14. The molecule has 0 aromatic heterocycles. The quantitative estimate of drug-likeness (QED) is 0.880. The van der Waals surface area contributed by atoms with Gasteiger partial charge in [-0.05, 0) is 36.8 Å². The normalized spacial score (nSPS) is 14.6. The Hall–Kier alpha value is -1.75. The number of rotatable bonds is 3. The third-order valence-corrected chi connectivity index (χ3v) is 4.04.